The van der Waals surface area contributed by atoms with E-state index in [1.165, 1.54) is 26.4 Å². The highest BCUT2D eigenvalue weighted by Crippen LogP contribution is 2.28. The van der Waals surface area contributed by atoms with Gasteiger partial charge < -0.3 is 4.74 Å². The van der Waals surface area contributed by atoms with Crippen molar-refractivity contribution in [1.29, 1.82) is 0 Å². The number of hydrogen-bond acceptors (Lipinski definition) is 7. The second-order valence-corrected chi connectivity index (χ2v) is 9.42. The number of hydrogen-bond donors (Lipinski definition) is 1. The van der Waals surface area contributed by atoms with E-state index in [4.69, 9.17) is 16.3 Å². The standard InChI is InChI=1S/C19H23ClN6O3S/c1-12(2)26-18(14-8-6-5-7-9-14)23-24-19(26)25-30(27,28)13(3)16(29-4)17-21-10-15(20)11-22-17/h5-13,16H,1-4H3,(H,24,25)/t13-,16-/m0/s1. The third kappa shape index (κ3) is 4.61. The maximum Gasteiger partial charge on any atom is 0.240 e. The Bertz CT molecular complexity index is 1090. The highest BCUT2D eigenvalue weighted by Gasteiger charge is 2.34. The van der Waals surface area contributed by atoms with Gasteiger partial charge in [0.1, 0.15) is 11.4 Å². The molecule has 0 bridgehead atoms. The first-order chi connectivity index (χ1) is 14.2. The summed E-state index contributed by atoms with van der Waals surface area (Å²) in [6.07, 6.45) is 1.89. The molecule has 30 heavy (non-hydrogen) atoms. The van der Waals surface area contributed by atoms with Gasteiger partial charge in [0.05, 0.1) is 5.02 Å². The molecule has 0 saturated carbocycles. The number of sulfonamides is 1. The molecule has 0 fully saturated rings. The summed E-state index contributed by atoms with van der Waals surface area (Å²) in [5.74, 6) is 0.915. The van der Waals surface area contributed by atoms with Crippen molar-refractivity contribution in [2.75, 3.05) is 11.8 Å². The van der Waals surface area contributed by atoms with E-state index in [1.807, 2.05) is 44.2 Å². The van der Waals surface area contributed by atoms with E-state index < -0.39 is 21.4 Å². The van der Waals surface area contributed by atoms with E-state index in [1.54, 1.807) is 4.57 Å². The van der Waals surface area contributed by atoms with Crippen LogP contribution >= 0.6 is 11.6 Å². The molecule has 0 aliphatic rings. The van der Waals surface area contributed by atoms with E-state index in [0.717, 1.165) is 5.56 Å². The largest absolute Gasteiger partial charge is 0.372 e. The predicted octanol–water partition coefficient (Wildman–Crippen LogP) is 3.49. The highest BCUT2D eigenvalue weighted by atomic mass is 35.5. The van der Waals surface area contributed by atoms with Crippen molar-refractivity contribution in [2.24, 2.45) is 0 Å². The summed E-state index contributed by atoms with van der Waals surface area (Å²) < 4.78 is 35.9. The molecule has 3 aromatic rings. The molecular formula is C19H23ClN6O3S. The Morgan fingerprint density at radius 3 is 2.27 bits per heavy atom. The molecule has 1 aromatic carbocycles. The molecule has 0 radical (unpaired) electrons. The average Bonchev–Trinajstić information content (AvgIpc) is 3.13. The van der Waals surface area contributed by atoms with Crippen molar-refractivity contribution in [3.63, 3.8) is 0 Å². The Balaban J connectivity index is 1.92. The molecule has 3 rings (SSSR count). The van der Waals surface area contributed by atoms with Crippen LogP contribution in [-0.2, 0) is 14.8 Å². The van der Waals surface area contributed by atoms with Crippen molar-refractivity contribution in [3.05, 3.63) is 53.6 Å². The van der Waals surface area contributed by atoms with Crippen LogP contribution in [0.25, 0.3) is 11.4 Å². The Hall–Kier alpha value is -2.56. The van der Waals surface area contributed by atoms with Crippen LogP contribution in [0.3, 0.4) is 0 Å². The van der Waals surface area contributed by atoms with Crippen LogP contribution < -0.4 is 4.72 Å². The maximum absolute atomic E-state index is 13.1. The van der Waals surface area contributed by atoms with Gasteiger partial charge >= 0.3 is 0 Å². The Labute approximate surface area is 180 Å². The maximum atomic E-state index is 13.1. The van der Waals surface area contributed by atoms with Gasteiger partial charge in [0.15, 0.2) is 11.6 Å². The molecule has 2 aromatic heterocycles. The van der Waals surface area contributed by atoms with Crippen LogP contribution in [0.5, 0.6) is 0 Å². The third-order valence-corrected chi connectivity index (χ3v) is 6.43. The zero-order valence-electron chi connectivity index (χ0n) is 17.0. The van der Waals surface area contributed by atoms with Crippen molar-refractivity contribution in [3.8, 4) is 11.4 Å². The zero-order valence-corrected chi connectivity index (χ0v) is 18.6. The third-order valence-electron chi connectivity index (χ3n) is 4.54. The molecule has 0 aliphatic carbocycles. The van der Waals surface area contributed by atoms with Crippen LogP contribution in [0, 0.1) is 0 Å². The van der Waals surface area contributed by atoms with Gasteiger partial charge in [-0.15, -0.1) is 10.2 Å². The van der Waals surface area contributed by atoms with Gasteiger partial charge in [-0.25, -0.2) is 18.4 Å². The molecule has 2 heterocycles. The fraction of sp³-hybridized carbons (Fsp3) is 0.368. The molecule has 0 saturated heterocycles. The van der Waals surface area contributed by atoms with Crippen molar-refractivity contribution in [2.45, 2.75) is 38.2 Å². The smallest absolute Gasteiger partial charge is 0.240 e. The molecule has 9 nitrogen and oxygen atoms in total. The van der Waals surface area contributed by atoms with Crippen molar-refractivity contribution in [1.82, 2.24) is 24.7 Å². The van der Waals surface area contributed by atoms with E-state index in [0.29, 0.717) is 10.8 Å². The summed E-state index contributed by atoms with van der Waals surface area (Å²) in [6, 6.07) is 9.37. The number of rotatable bonds is 8. The molecule has 0 unspecified atom stereocenters. The number of methoxy groups -OCH3 is 1. The molecule has 1 N–H and O–H groups in total. The SMILES string of the molecule is CO[C@H](c1ncc(Cl)cn1)[C@H](C)S(=O)(=O)Nc1nnc(-c2ccccc2)n1C(C)C. The minimum atomic E-state index is -3.92. The summed E-state index contributed by atoms with van der Waals surface area (Å²) in [5, 5.41) is 7.62. The monoisotopic (exact) mass is 450 g/mol. The van der Waals surface area contributed by atoms with Gasteiger partial charge in [0.2, 0.25) is 16.0 Å². The minimum absolute atomic E-state index is 0.0824. The van der Waals surface area contributed by atoms with Crippen molar-refractivity contribution >= 4 is 27.6 Å². The number of anilines is 1. The van der Waals surface area contributed by atoms with Gasteiger partial charge in [-0.3, -0.25) is 9.29 Å². The molecule has 160 valence electrons. The fourth-order valence-corrected chi connectivity index (χ4v) is 4.23. The number of ether oxygens (including phenoxy) is 1. The second kappa shape index (κ2) is 9.07. The second-order valence-electron chi connectivity index (χ2n) is 6.94. The molecule has 0 aliphatic heterocycles. The number of halogens is 1. The quantitative estimate of drug-likeness (QED) is 0.558. The van der Waals surface area contributed by atoms with E-state index in [2.05, 4.69) is 24.9 Å². The Morgan fingerprint density at radius 1 is 1.07 bits per heavy atom. The summed E-state index contributed by atoms with van der Waals surface area (Å²) in [5.41, 5.74) is 0.835. The molecule has 0 spiro atoms. The normalized spacial score (nSPS) is 13.9. The highest BCUT2D eigenvalue weighted by molar-refractivity contribution is 7.93. The van der Waals surface area contributed by atoms with Gasteiger partial charge in [-0.05, 0) is 20.8 Å². The lowest BCUT2D eigenvalue weighted by molar-refractivity contribution is 0.0950. The Kier molecular flexibility index (Phi) is 6.69. The fourth-order valence-electron chi connectivity index (χ4n) is 2.99. The summed E-state index contributed by atoms with van der Waals surface area (Å²) >= 11 is 5.82. The number of aromatic nitrogens is 5. The first kappa shape index (κ1) is 22.1. The van der Waals surface area contributed by atoms with Gasteiger partial charge in [-0.2, -0.15) is 0 Å². The van der Waals surface area contributed by atoms with Crippen LogP contribution in [0.2, 0.25) is 5.02 Å². The molecule has 2 atom stereocenters. The molecule has 11 heteroatoms. The summed E-state index contributed by atoms with van der Waals surface area (Å²) in [4.78, 5) is 8.17. The van der Waals surface area contributed by atoms with Crippen LogP contribution in [0.4, 0.5) is 5.95 Å². The topological polar surface area (TPSA) is 112 Å². The van der Waals surface area contributed by atoms with Gasteiger partial charge in [0.25, 0.3) is 0 Å². The minimum Gasteiger partial charge on any atom is -0.372 e. The lowest BCUT2D eigenvalue weighted by Gasteiger charge is -2.22. The predicted molar refractivity (Wildman–Crippen MR) is 115 cm³/mol. The van der Waals surface area contributed by atoms with E-state index in [-0.39, 0.29) is 17.8 Å². The average molecular weight is 451 g/mol. The zero-order chi connectivity index (χ0) is 21.9. The van der Waals surface area contributed by atoms with Crippen LogP contribution in [-0.4, -0.2) is 45.5 Å². The first-order valence-electron chi connectivity index (χ1n) is 9.26. The molecule has 0 amide bonds. The summed E-state index contributed by atoms with van der Waals surface area (Å²) in [6.45, 7) is 5.37. The Morgan fingerprint density at radius 2 is 1.70 bits per heavy atom. The first-order valence-corrected chi connectivity index (χ1v) is 11.2. The number of benzene rings is 1. The van der Waals surface area contributed by atoms with Gasteiger partial charge in [-0.1, -0.05) is 41.9 Å². The van der Waals surface area contributed by atoms with Gasteiger partial charge in [0, 0.05) is 31.1 Å². The van der Waals surface area contributed by atoms with Crippen molar-refractivity contribution < 1.29 is 13.2 Å². The lowest BCUT2D eigenvalue weighted by Crippen LogP contribution is -2.33. The van der Waals surface area contributed by atoms with Crippen LogP contribution in [0.15, 0.2) is 42.7 Å². The van der Waals surface area contributed by atoms with Crippen LogP contribution in [0.1, 0.15) is 38.7 Å². The lowest BCUT2D eigenvalue weighted by atomic mass is 10.2. The van der Waals surface area contributed by atoms with E-state index in [9.17, 15) is 8.42 Å². The number of nitrogens with one attached hydrogen (secondary N) is 1. The van der Waals surface area contributed by atoms with E-state index >= 15 is 0 Å². The summed E-state index contributed by atoms with van der Waals surface area (Å²) in [7, 11) is -2.52. The number of nitrogens with zero attached hydrogens (tertiary/aromatic N) is 5. The molecular weight excluding hydrogens is 428 g/mol.